The highest BCUT2D eigenvalue weighted by atomic mass is 32.1. The van der Waals surface area contributed by atoms with Gasteiger partial charge in [-0.15, -0.1) is 0 Å². The Kier molecular flexibility index (Phi) is 6.69. The first-order valence-corrected chi connectivity index (χ1v) is 12.9. The van der Waals surface area contributed by atoms with Crippen LogP contribution in [0.15, 0.2) is 116 Å². The van der Waals surface area contributed by atoms with Gasteiger partial charge in [-0.1, -0.05) is 18.2 Å². The van der Waals surface area contributed by atoms with Crippen LogP contribution in [-0.4, -0.2) is 21.8 Å². The Morgan fingerprint density at radius 1 is 0.821 bits per heavy atom. The summed E-state index contributed by atoms with van der Waals surface area (Å²) in [4.78, 5) is 6.67. The fourth-order valence-electron chi connectivity index (χ4n) is 4.89. The average molecular weight is 537 g/mol. The summed E-state index contributed by atoms with van der Waals surface area (Å²) >= 11 is 5.86. The molecule has 6 nitrogen and oxygen atoms in total. The van der Waals surface area contributed by atoms with Crippen molar-refractivity contribution >= 4 is 23.0 Å². The number of hydrogen-bond acceptors (Lipinski definition) is 4. The van der Waals surface area contributed by atoms with E-state index >= 15 is 0 Å². The van der Waals surface area contributed by atoms with Crippen molar-refractivity contribution in [3.05, 3.63) is 133 Å². The molecule has 0 bridgehead atoms. The normalized spacial score (nSPS) is 16.7. The molecular weight excluding hydrogens is 511 g/mol. The molecule has 1 fully saturated rings. The van der Waals surface area contributed by atoms with Crippen LogP contribution in [0.1, 0.15) is 23.5 Å². The number of nitrogens with one attached hydrogen (secondary N) is 1. The minimum absolute atomic E-state index is 0.255. The predicted molar refractivity (Wildman–Crippen MR) is 153 cm³/mol. The number of rotatable bonds is 7. The van der Waals surface area contributed by atoms with Gasteiger partial charge >= 0.3 is 0 Å². The number of aromatic nitrogens is 2. The molecule has 1 N–H and O–H groups in total. The molecular formula is C31H25FN4O2S. The van der Waals surface area contributed by atoms with Crippen LogP contribution in [-0.2, 0) is 0 Å². The third-order valence-corrected chi connectivity index (χ3v) is 7.02. The lowest BCUT2D eigenvalue weighted by Crippen LogP contribution is -2.30. The lowest BCUT2D eigenvalue weighted by molar-refractivity contribution is 0.413. The third-order valence-electron chi connectivity index (χ3n) is 6.70. The van der Waals surface area contributed by atoms with Crippen LogP contribution in [0.4, 0.5) is 10.1 Å². The first kappa shape index (κ1) is 24.6. The fourth-order valence-corrected chi connectivity index (χ4v) is 5.24. The van der Waals surface area contributed by atoms with Gasteiger partial charge in [0, 0.05) is 23.8 Å². The maximum absolute atomic E-state index is 14.9. The van der Waals surface area contributed by atoms with Gasteiger partial charge in [0.25, 0.3) is 0 Å². The van der Waals surface area contributed by atoms with Crippen molar-refractivity contribution in [2.24, 2.45) is 0 Å². The maximum Gasteiger partial charge on any atom is 0.174 e. The molecule has 194 valence electrons. The molecule has 8 heteroatoms. The molecule has 2 aromatic heterocycles. The van der Waals surface area contributed by atoms with Crippen LogP contribution in [0.5, 0.6) is 17.2 Å². The van der Waals surface area contributed by atoms with Crippen molar-refractivity contribution in [3.8, 4) is 22.9 Å². The number of halogens is 1. The minimum Gasteiger partial charge on any atom is -0.497 e. The first-order valence-electron chi connectivity index (χ1n) is 12.5. The van der Waals surface area contributed by atoms with Gasteiger partial charge in [-0.2, -0.15) is 0 Å². The highest BCUT2D eigenvalue weighted by Crippen LogP contribution is 2.42. The monoisotopic (exact) mass is 536 g/mol. The molecule has 2 atom stereocenters. The average Bonchev–Trinajstić information content (AvgIpc) is 3.59. The summed E-state index contributed by atoms with van der Waals surface area (Å²) in [6.07, 6.45) is 3.63. The van der Waals surface area contributed by atoms with Crippen LogP contribution in [0, 0.1) is 5.82 Å². The maximum atomic E-state index is 14.9. The number of thiocarbonyl (C=S) groups is 1. The third kappa shape index (κ3) is 4.82. The van der Waals surface area contributed by atoms with Crippen LogP contribution >= 0.6 is 12.2 Å². The van der Waals surface area contributed by atoms with Crippen LogP contribution in [0.3, 0.4) is 0 Å². The van der Waals surface area contributed by atoms with E-state index in [1.807, 2.05) is 95.7 Å². The largest absolute Gasteiger partial charge is 0.497 e. The zero-order chi connectivity index (χ0) is 26.8. The molecule has 1 aliphatic heterocycles. The van der Waals surface area contributed by atoms with Crippen LogP contribution in [0.2, 0.25) is 0 Å². The van der Waals surface area contributed by atoms with E-state index in [1.165, 1.54) is 6.07 Å². The van der Waals surface area contributed by atoms with E-state index in [1.54, 1.807) is 25.4 Å². The highest BCUT2D eigenvalue weighted by molar-refractivity contribution is 7.80. The van der Waals surface area contributed by atoms with E-state index < -0.39 is 0 Å². The zero-order valence-corrected chi connectivity index (χ0v) is 21.9. The van der Waals surface area contributed by atoms with E-state index in [2.05, 4.69) is 15.2 Å². The molecule has 0 aliphatic carbocycles. The number of para-hydroxylation sites is 1. The number of ether oxygens (including phenoxy) is 2. The number of hydrogen-bond donors (Lipinski definition) is 1. The van der Waals surface area contributed by atoms with Crippen molar-refractivity contribution in [2.75, 3.05) is 12.0 Å². The van der Waals surface area contributed by atoms with Gasteiger partial charge in [0.1, 0.15) is 29.1 Å². The summed E-state index contributed by atoms with van der Waals surface area (Å²) in [5.41, 5.74) is 3.06. The predicted octanol–water partition coefficient (Wildman–Crippen LogP) is 6.99. The Hall–Kier alpha value is -4.69. The number of pyridine rings is 1. The lowest BCUT2D eigenvalue weighted by atomic mass is 10.0. The number of benzene rings is 3. The van der Waals surface area contributed by atoms with E-state index in [0.717, 1.165) is 22.8 Å². The smallest absolute Gasteiger partial charge is 0.174 e. The molecule has 0 unspecified atom stereocenters. The second-order valence-electron chi connectivity index (χ2n) is 9.02. The van der Waals surface area contributed by atoms with Gasteiger partial charge in [0.05, 0.1) is 24.5 Å². The topological polar surface area (TPSA) is 51.6 Å². The number of methoxy groups -OCH3 is 1. The Morgan fingerprint density at radius 2 is 1.51 bits per heavy atom. The van der Waals surface area contributed by atoms with E-state index in [-0.39, 0.29) is 17.9 Å². The van der Waals surface area contributed by atoms with Gasteiger partial charge in [0.2, 0.25) is 0 Å². The van der Waals surface area contributed by atoms with Crippen molar-refractivity contribution in [1.82, 2.24) is 14.9 Å². The van der Waals surface area contributed by atoms with Crippen molar-refractivity contribution in [3.63, 3.8) is 0 Å². The summed E-state index contributed by atoms with van der Waals surface area (Å²) in [6.45, 7) is 0. The molecule has 39 heavy (non-hydrogen) atoms. The number of anilines is 1. The van der Waals surface area contributed by atoms with Gasteiger partial charge in [-0.3, -0.25) is 4.98 Å². The summed E-state index contributed by atoms with van der Waals surface area (Å²) in [5.74, 6) is 1.86. The van der Waals surface area contributed by atoms with Gasteiger partial charge in [0.15, 0.2) is 5.11 Å². The molecule has 5 aromatic rings. The zero-order valence-electron chi connectivity index (χ0n) is 21.1. The van der Waals surface area contributed by atoms with Crippen LogP contribution < -0.4 is 19.7 Å². The van der Waals surface area contributed by atoms with Crippen LogP contribution in [0.25, 0.3) is 5.69 Å². The number of nitrogens with zero attached hydrogens (tertiary/aromatic N) is 3. The van der Waals surface area contributed by atoms with E-state index in [9.17, 15) is 4.39 Å². The Morgan fingerprint density at radius 3 is 2.21 bits per heavy atom. The lowest BCUT2D eigenvalue weighted by Gasteiger charge is -2.29. The first-order chi connectivity index (χ1) is 19.1. The summed E-state index contributed by atoms with van der Waals surface area (Å²) in [7, 11) is 1.63. The standard InChI is InChI=1S/C31H25FN4O2S/c1-37-22-15-17-24(18-16-22)38-23-13-11-21(12-14-23)36-30(29(34-31(36)39)26-8-4-5-19-33-26)28-10-6-20-35(28)27-9-3-2-7-25(27)32/h2-20,29-30H,1H3,(H,34,39)/t29-,30+/m1/s1. The Balaban J connectivity index is 1.37. The summed E-state index contributed by atoms with van der Waals surface area (Å²) in [5, 5.41) is 4.02. The quantitative estimate of drug-likeness (QED) is 0.226. The SMILES string of the molecule is COc1ccc(Oc2ccc(N3C(=S)N[C@H](c4ccccn4)[C@@H]3c3cccn3-c3ccccc3F)cc2)cc1. The second kappa shape index (κ2) is 10.6. The molecule has 1 aliphatic rings. The molecule has 0 radical (unpaired) electrons. The summed E-state index contributed by atoms with van der Waals surface area (Å²) in [6, 6.07) is 31.1. The fraction of sp³-hybridized carbons (Fsp3) is 0.0968. The molecule has 0 saturated carbocycles. The van der Waals surface area contributed by atoms with Gasteiger partial charge in [-0.25, -0.2) is 4.39 Å². The van der Waals surface area contributed by atoms with Gasteiger partial charge in [-0.05, 0) is 97.1 Å². The minimum atomic E-state index is -0.301. The highest BCUT2D eigenvalue weighted by Gasteiger charge is 2.42. The van der Waals surface area contributed by atoms with Crippen molar-refractivity contribution in [1.29, 1.82) is 0 Å². The van der Waals surface area contributed by atoms with Crippen molar-refractivity contribution < 1.29 is 13.9 Å². The summed E-state index contributed by atoms with van der Waals surface area (Å²) < 4.78 is 28.0. The van der Waals surface area contributed by atoms with E-state index in [4.69, 9.17) is 21.7 Å². The molecule has 3 heterocycles. The Labute approximate surface area is 231 Å². The molecule has 0 spiro atoms. The molecule has 6 rings (SSSR count). The Bertz CT molecular complexity index is 1590. The van der Waals surface area contributed by atoms with Crippen molar-refractivity contribution in [2.45, 2.75) is 12.1 Å². The molecule has 1 saturated heterocycles. The van der Waals surface area contributed by atoms with E-state index in [0.29, 0.717) is 22.3 Å². The second-order valence-corrected chi connectivity index (χ2v) is 9.41. The van der Waals surface area contributed by atoms with Gasteiger partial charge < -0.3 is 24.3 Å². The molecule has 0 amide bonds. The molecule has 3 aromatic carbocycles.